The van der Waals surface area contributed by atoms with Crippen LogP contribution in [-0.2, 0) is 12.8 Å². The van der Waals surface area contributed by atoms with E-state index in [1.54, 1.807) is 30.3 Å². The van der Waals surface area contributed by atoms with Gasteiger partial charge in [-0.05, 0) is 11.6 Å². The van der Waals surface area contributed by atoms with E-state index in [0.29, 0.717) is 5.56 Å². The molecule has 0 radical (unpaired) electrons. The molecule has 0 saturated carbocycles. The first kappa shape index (κ1) is 15.4. The van der Waals surface area contributed by atoms with E-state index < -0.39 is 24.6 Å². The third kappa shape index (κ3) is 3.77. The van der Waals surface area contributed by atoms with Crippen molar-refractivity contribution in [3.8, 4) is 5.75 Å². The van der Waals surface area contributed by atoms with Gasteiger partial charge in [-0.25, -0.2) is 0 Å². The number of para-hydroxylation sites is 1. The van der Waals surface area contributed by atoms with Crippen LogP contribution in [0.1, 0.15) is 11.1 Å². The maximum atomic E-state index is 13.0. The number of halogens is 3. The van der Waals surface area contributed by atoms with Gasteiger partial charge in [-0.15, -0.1) is 0 Å². The second-order valence-electron chi connectivity index (χ2n) is 4.37. The molecule has 0 aromatic heterocycles. The Balaban J connectivity index is 2.35. The van der Waals surface area contributed by atoms with Crippen LogP contribution in [0.2, 0.25) is 0 Å². The summed E-state index contributed by atoms with van der Waals surface area (Å²) >= 11 is 0. The average molecular weight is 296 g/mol. The molecule has 0 bridgehead atoms. The summed E-state index contributed by atoms with van der Waals surface area (Å²) in [4.78, 5) is 0. The van der Waals surface area contributed by atoms with Crippen molar-refractivity contribution in [2.24, 2.45) is 0 Å². The molecule has 0 atom stereocenters. The summed E-state index contributed by atoms with van der Waals surface area (Å²) in [5.41, 5.74) is -0.683. The molecule has 0 aliphatic heterocycles. The van der Waals surface area contributed by atoms with Crippen molar-refractivity contribution in [2.75, 3.05) is 0 Å². The van der Waals surface area contributed by atoms with Gasteiger partial charge in [0, 0.05) is 5.46 Å². The number of alkyl halides is 3. The van der Waals surface area contributed by atoms with Crippen LogP contribution in [0, 0.1) is 0 Å². The molecule has 0 aliphatic rings. The van der Waals surface area contributed by atoms with Crippen LogP contribution in [0.5, 0.6) is 5.75 Å². The van der Waals surface area contributed by atoms with Gasteiger partial charge in [-0.1, -0.05) is 42.5 Å². The summed E-state index contributed by atoms with van der Waals surface area (Å²) in [7, 11) is -2.04. The van der Waals surface area contributed by atoms with E-state index in [2.05, 4.69) is 0 Å². The maximum Gasteiger partial charge on any atom is 0.492 e. The van der Waals surface area contributed by atoms with Crippen molar-refractivity contribution in [1.29, 1.82) is 0 Å². The Bertz CT molecular complexity index is 600. The monoisotopic (exact) mass is 296 g/mol. The molecule has 110 valence electrons. The Labute approximate surface area is 119 Å². The quantitative estimate of drug-likeness (QED) is 0.848. The van der Waals surface area contributed by atoms with E-state index in [-0.39, 0.29) is 12.1 Å². The van der Waals surface area contributed by atoms with Gasteiger partial charge in [0.15, 0.2) is 0 Å². The van der Waals surface area contributed by atoms with E-state index >= 15 is 0 Å². The predicted octanol–water partition coefficient (Wildman–Crippen LogP) is 1.96. The SMILES string of the molecule is OB(O)c1cccc(C(F)(F)F)c1OCc1ccccc1. The van der Waals surface area contributed by atoms with Crippen molar-refractivity contribution in [3.63, 3.8) is 0 Å². The fourth-order valence-corrected chi connectivity index (χ4v) is 1.87. The normalized spacial score (nSPS) is 11.3. The summed E-state index contributed by atoms with van der Waals surface area (Å²) in [5.74, 6) is -0.566. The number of hydrogen-bond donors (Lipinski definition) is 2. The minimum atomic E-state index is -4.64. The van der Waals surface area contributed by atoms with Crippen molar-refractivity contribution in [1.82, 2.24) is 0 Å². The molecule has 0 spiro atoms. The van der Waals surface area contributed by atoms with Crippen LogP contribution in [0.3, 0.4) is 0 Å². The second kappa shape index (κ2) is 6.20. The van der Waals surface area contributed by atoms with Gasteiger partial charge in [0.25, 0.3) is 0 Å². The molecule has 0 fully saturated rings. The lowest BCUT2D eigenvalue weighted by Gasteiger charge is -2.17. The van der Waals surface area contributed by atoms with Gasteiger partial charge in [-0.2, -0.15) is 13.2 Å². The molecule has 21 heavy (non-hydrogen) atoms. The lowest BCUT2D eigenvalue weighted by molar-refractivity contribution is -0.138. The molecule has 2 aromatic rings. The molecular weight excluding hydrogens is 284 g/mol. The molecule has 0 saturated heterocycles. The molecule has 3 nitrogen and oxygen atoms in total. The molecular formula is C14H12BF3O3. The van der Waals surface area contributed by atoms with E-state index in [1.165, 1.54) is 6.07 Å². The van der Waals surface area contributed by atoms with Crippen molar-refractivity contribution in [2.45, 2.75) is 12.8 Å². The summed E-state index contributed by atoms with van der Waals surface area (Å²) < 4.78 is 44.1. The van der Waals surface area contributed by atoms with Gasteiger partial charge in [-0.3, -0.25) is 0 Å². The highest BCUT2D eigenvalue weighted by atomic mass is 19.4. The van der Waals surface area contributed by atoms with E-state index in [1.807, 2.05) is 0 Å². The van der Waals surface area contributed by atoms with Crippen molar-refractivity contribution >= 4 is 12.6 Å². The lowest BCUT2D eigenvalue weighted by Crippen LogP contribution is -2.33. The largest absolute Gasteiger partial charge is 0.492 e. The third-order valence-electron chi connectivity index (χ3n) is 2.86. The molecule has 0 aliphatic carbocycles. The summed E-state index contributed by atoms with van der Waals surface area (Å²) in [5, 5.41) is 18.4. The third-order valence-corrected chi connectivity index (χ3v) is 2.86. The predicted molar refractivity (Wildman–Crippen MR) is 72.0 cm³/mol. The minimum absolute atomic E-state index is 0.104. The Kier molecular flexibility index (Phi) is 4.54. The molecule has 2 rings (SSSR count). The van der Waals surface area contributed by atoms with Crippen LogP contribution in [0.25, 0.3) is 0 Å². The number of rotatable bonds is 4. The van der Waals surface area contributed by atoms with E-state index in [4.69, 9.17) is 4.74 Å². The van der Waals surface area contributed by atoms with Gasteiger partial charge < -0.3 is 14.8 Å². The van der Waals surface area contributed by atoms with Crippen molar-refractivity contribution < 1.29 is 28.0 Å². The van der Waals surface area contributed by atoms with Gasteiger partial charge in [0.05, 0.1) is 5.56 Å². The Morgan fingerprint density at radius 3 is 2.19 bits per heavy atom. The molecule has 2 aromatic carbocycles. The van der Waals surface area contributed by atoms with E-state index in [9.17, 15) is 23.2 Å². The highest BCUT2D eigenvalue weighted by Gasteiger charge is 2.36. The number of hydrogen-bond acceptors (Lipinski definition) is 3. The van der Waals surface area contributed by atoms with Crippen LogP contribution < -0.4 is 10.2 Å². The summed E-state index contributed by atoms with van der Waals surface area (Å²) in [6, 6.07) is 11.8. The van der Waals surface area contributed by atoms with Crippen molar-refractivity contribution in [3.05, 3.63) is 59.7 Å². The smallest absolute Gasteiger partial charge is 0.489 e. The van der Waals surface area contributed by atoms with Gasteiger partial charge >= 0.3 is 13.3 Å². The Hall–Kier alpha value is -1.99. The first-order chi connectivity index (χ1) is 9.89. The fraction of sp³-hybridized carbons (Fsp3) is 0.143. The van der Waals surface area contributed by atoms with Crippen LogP contribution >= 0.6 is 0 Å². The summed E-state index contributed by atoms with van der Waals surface area (Å²) in [6.45, 7) is -0.104. The van der Waals surface area contributed by atoms with Crippen LogP contribution in [0.15, 0.2) is 48.5 Å². The lowest BCUT2D eigenvalue weighted by atomic mass is 9.78. The Morgan fingerprint density at radius 1 is 0.952 bits per heavy atom. The first-order valence-corrected chi connectivity index (χ1v) is 6.12. The first-order valence-electron chi connectivity index (χ1n) is 6.12. The molecule has 0 unspecified atom stereocenters. The van der Waals surface area contributed by atoms with Gasteiger partial charge in [0.2, 0.25) is 0 Å². The number of benzene rings is 2. The van der Waals surface area contributed by atoms with Crippen LogP contribution in [0.4, 0.5) is 13.2 Å². The molecule has 0 heterocycles. The zero-order valence-corrected chi connectivity index (χ0v) is 10.8. The number of ether oxygens (including phenoxy) is 1. The highest BCUT2D eigenvalue weighted by molar-refractivity contribution is 6.59. The van der Waals surface area contributed by atoms with E-state index in [0.717, 1.165) is 12.1 Å². The zero-order chi connectivity index (χ0) is 15.5. The maximum absolute atomic E-state index is 13.0. The minimum Gasteiger partial charge on any atom is -0.489 e. The van der Waals surface area contributed by atoms with Gasteiger partial charge in [0.1, 0.15) is 12.4 Å². The molecule has 0 amide bonds. The highest BCUT2D eigenvalue weighted by Crippen LogP contribution is 2.35. The Morgan fingerprint density at radius 2 is 1.62 bits per heavy atom. The standard InChI is InChI=1S/C14H12BF3O3/c16-14(17,18)11-7-4-8-12(15(19)20)13(11)21-9-10-5-2-1-3-6-10/h1-8,19-20H,9H2. The molecule has 2 N–H and O–H groups in total. The fourth-order valence-electron chi connectivity index (χ4n) is 1.87. The average Bonchev–Trinajstić information content (AvgIpc) is 2.44. The summed E-state index contributed by atoms with van der Waals surface area (Å²) in [6.07, 6.45) is -4.64. The molecule has 7 heteroatoms. The second-order valence-corrected chi connectivity index (χ2v) is 4.37. The van der Waals surface area contributed by atoms with Crippen LogP contribution in [-0.4, -0.2) is 17.2 Å². The zero-order valence-electron chi connectivity index (χ0n) is 10.8. The topological polar surface area (TPSA) is 49.7 Å².